The monoisotopic (exact) mass is 253 g/mol. The normalized spacial score (nSPS) is 19.9. The van der Waals surface area contributed by atoms with Gasteiger partial charge in [0, 0.05) is 6.92 Å². The van der Waals surface area contributed by atoms with Gasteiger partial charge in [0.05, 0.1) is 6.61 Å². The third kappa shape index (κ3) is 3.61. The Hall–Kier alpha value is -1.26. The standard InChI is InChI=1S/C8H15NO8/c1-3(11)17-8(9,7(15)16)6(14)5(13)4(12)2-10/h4-6,10,12-14H,2,9H2,1H3,(H,15,16)/t4-,5-,6+,8-/m1/s1. The first-order valence-electron chi connectivity index (χ1n) is 4.53. The van der Waals surface area contributed by atoms with Crippen LogP contribution >= 0.6 is 0 Å². The average molecular weight is 253 g/mol. The molecule has 0 aliphatic carbocycles. The van der Waals surface area contributed by atoms with Crippen molar-refractivity contribution < 1.29 is 39.9 Å². The van der Waals surface area contributed by atoms with Gasteiger partial charge in [-0.1, -0.05) is 0 Å². The molecule has 0 aliphatic heterocycles. The van der Waals surface area contributed by atoms with Gasteiger partial charge in [-0.2, -0.15) is 0 Å². The summed E-state index contributed by atoms with van der Waals surface area (Å²) in [5.41, 5.74) is 2.22. The second kappa shape index (κ2) is 5.89. The van der Waals surface area contributed by atoms with Gasteiger partial charge in [-0.15, -0.1) is 0 Å². The summed E-state index contributed by atoms with van der Waals surface area (Å²) in [6.45, 7) is -0.0832. The van der Waals surface area contributed by atoms with Gasteiger partial charge in [0.15, 0.2) is 0 Å². The van der Waals surface area contributed by atoms with E-state index in [1.807, 2.05) is 0 Å². The van der Waals surface area contributed by atoms with Gasteiger partial charge in [0.25, 0.3) is 5.72 Å². The summed E-state index contributed by atoms with van der Waals surface area (Å²) in [4.78, 5) is 21.5. The number of aliphatic hydroxyl groups is 4. The van der Waals surface area contributed by atoms with Crippen molar-refractivity contribution in [3.05, 3.63) is 0 Å². The number of carboxylic acid groups (broad SMARTS) is 1. The molecule has 0 spiro atoms. The number of carbonyl (C=O) groups excluding carboxylic acids is 1. The summed E-state index contributed by atoms with van der Waals surface area (Å²) < 4.78 is 4.21. The molecule has 0 aromatic heterocycles. The molecule has 9 heteroatoms. The van der Waals surface area contributed by atoms with Crippen LogP contribution in [-0.4, -0.2) is 68.1 Å². The van der Waals surface area contributed by atoms with Crippen LogP contribution in [0.4, 0.5) is 0 Å². The van der Waals surface area contributed by atoms with Gasteiger partial charge in [-0.3, -0.25) is 10.5 Å². The SMILES string of the molecule is CC(=O)O[C@@](N)(C(=O)O)[C@@H](O)[C@H](O)[C@H](O)CO. The summed E-state index contributed by atoms with van der Waals surface area (Å²) in [6, 6.07) is 0. The maximum atomic E-state index is 10.8. The van der Waals surface area contributed by atoms with E-state index < -0.39 is 42.6 Å². The fraction of sp³-hybridized carbons (Fsp3) is 0.750. The first-order chi connectivity index (χ1) is 7.66. The predicted octanol–water partition coefficient (Wildman–Crippen LogP) is -3.64. The third-order valence-corrected chi connectivity index (χ3v) is 1.99. The smallest absolute Gasteiger partial charge is 0.366 e. The number of aliphatic carboxylic acids is 1. The fourth-order valence-corrected chi connectivity index (χ4v) is 1.04. The molecule has 17 heavy (non-hydrogen) atoms. The highest BCUT2D eigenvalue weighted by molar-refractivity contribution is 5.81. The zero-order chi connectivity index (χ0) is 13.8. The number of ether oxygens (including phenoxy) is 1. The van der Waals surface area contributed by atoms with Crippen molar-refractivity contribution in [2.75, 3.05) is 6.61 Å². The molecule has 0 saturated heterocycles. The van der Waals surface area contributed by atoms with E-state index in [1.54, 1.807) is 0 Å². The van der Waals surface area contributed by atoms with Crippen molar-refractivity contribution in [2.24, 2.45) is 5.73 Å². The van der Waals surface area contributed by atoms with Crippen molar-refractivity contribution >= 4 is 11.9 Å². The molecule has 0 bridgehead atoms. The summed E-state index contributed by atoms with van der Waals surface area (Å²) >= 11 is 0. The van der Waals surface area contributed by atoms with Crippen molar-refractivity contribution in [3.63, 3.8) is 0 Å². The molecule has 0 radical (unpaired) electrons. The number of hydrogen-bond acceptors (Lipinski definition) is 8. The second-order valence-corrected chi connectivity index (χ2v) is 3.38. The number of nitrogens with two attached hydrogens (primary N) is 1. The van der Waals surface area contributed by atoms with Crippen molar-refractivity contribution in [1.29, 1.82) is 0 Å². The number of rotatable bonds is 6. The Morgan fingerprint density at radius 1 is 1.35 bits per heavy atom. The topological polar surface area (TPSA) is 171 Å². The fourth-order valence-electron chi connectivity index (χ4n) is 1.04. The minimum atomic E-state index is -2.92. The molecule has 0 unspecified atom stereocenters. The molecule has 100 valence electrons. The lowest BCUT2D eigenvalue weighted by Gasteiger charge is -2.33. The van der Waals surface area contributed by atoms with Gasteiger partial charge >= 0.3 is 11.9 Å². The van der Waals surface area contributed by atoms with Crippen LogP contribution in [0.1, 0.15) is 6.92 Å². The summed E-state index contributed by atoms with van der Waals surface area (Å²) in [5, 5.41) is 45.0. The zero-order valence-electron chi connectivity index (χ0n) is 8.98. The summed E-state index contributed by atoms with van der Waals surface area (Å²) in [7, 11) is 0. The molecule has 0 fully saturated rings. The highest BCUT2D eigenvalue weighted by Crippen LogP contribution is 2.16. The first-order valence-corrected chi connectivity index (χ1v) is 4.53. The number of hydrogen-bond donors (Lipinski definition) is 6. The van der Waals surface area contributed by atoms with E-state index >= 15 is 0 Å². The third-order valence-electron chi connectivity index (χ3n) is 1.99. The van der Waals surface area contributed by atoms with Crippen molar-refractivity contribution in [3.8, 4) is 0 Å². The van der Waals surface area contributed by atoms with E-state index in [9.17, 15) is 19.8 Å². The minimum absolute atomic E-state index is 0.853. The highest BCUT2D eigenvalue weighted by atomic mass is 16.6. The van der Waals surface area contributed by atoms with Gasteiger partial charge < -0.3 is 30.3 Å². The molecule has 0 amide bonds. The van der Waals surface area contributed by atoms with Crippen LogP contribution in [-0.2, 0) is 14.3 Å². The van der Waals surface area contributed by atoms with Crippen LogP contribution in [0, 0.1) is 0 Å². The number of carboxylic acids is 1. The lowest BCUT2D eigenvalue weighted by Crippen LogP contribution is -2.65. The Kier molecular flexibility index (Phi) is 5.45. The molecule has 0 heterocycles. The molecule has 7 N–H and O–H groups in total. The van der Waals surface area contributed by atoms with Crippen molar-refractivity contribution in [1.82, 2.24) is 0 Å². The maximum absolute atomic E-state index is 10.8. The van der Waals surface area contributed by atoms with Crippen LogP contribution < -0.4 is 5.73 Å². The van der Waals surface area contributed by atoms with E-state index in [1.165, 1.54) is 0 Å². The highest BCUT2D eigenvalue weighted by Gasteiger charge is 2.50. The Bertz CT molecular complexity index is 295. The summed E-state index contributed by atoms with van der Waals surface area (Å²) in [6.07, 6.45) is -6.24. The first kappa shape index (κ1) is 15.7. The van der Waals surface area contributed by atoms with Crippen LogP contribution in [0.2, 0.25) is 0 Å². The largest absolute Gasteiger partial charge is 0.477 e. The molecular formula is C8H15NO8. The Morgan fingerprint density at radius 3 is 2.12 bits per heavy atom. The zero-order valence-corrected chi connectivity index (χ0v) is 8.98. The molecule has 0 aliphatic rings. The minimum Gasteiger partial charge on any atom is -0.477 e. The van der Waals surface area contributed by atoms with Gasteiger partial charge in [-0.25, -0.2) is 4.79 Å². The van der Waals surface area contributed by atoms with Crippen molar-refractivity contribution in [2.45, 2.75) is 31.0 Å². The van der Waals surface area contributed by atoms with Crippen LogP contribution in [0.25, 0.3) is 0 Å². The lowest BCUT2D eigenvalue weighted by atomic mass is 9.98. The average Bonchev–Trinajstić information content (AvgIpc) is 2.24. The molecular weight excluding hydrogens is 238 g/mol. The maximum Gasteiger partial charge on any atom is 0.366 e. The molecule has 0 aromatic carbocycles. The Labute approximate surface area is 96.0 Å². The van der Waals surface area contributed by atoms with E-state index in [0.29, 0.717) is 0 Å². The summed E-state index contributed by atoms with van der Waals surface area (Å²) in [5.74, 6) is -3.01. The van der Waals surface area contributed by atoms with E-state index in [2.05, 4.69) is 4.74 Å². The predicted molar refractivity (Wildman–Crippen MR) is 51.4 cm³/mol. The van der Waals surface area contributed by atoms with E-state index in [4.69, 9.17) is 21.1 Å². The molecule has 0 rings (SSSR count). The Morgan fingerprint density at radius 2 is 1.82 bits per heavy atom. The molecule has 0 saturated carbocycles. The van der Waals surface area contributed by atoms with E-state index in [-0.39, 0.29) is 0 Å². The number of carbonyl (C=O) groups is 2. The quantitative estimate of drug-likeness (QED) is 0.206. The van der Waals surface area contributed by atoms with E-state index in [0.717, 1.165) is 6.92 Å². The van der Waals surface area contributed by atoms with Gasteiger partial charge in [0.1, 0.15) is 18.3 Å². The van der Waals surface area contributed by atoms with Gasteiger partial charge in [0.2, 0.25) is 0 Å². The second-order valence-electron chi connectivity index (χ2n) is 3.38. The van der Waals surface area contributed by atoms with Gasteiger partial charge in [-0.05, 0) is 0 Å². The van der Waals surface area contributed by atoms with Crippen LogP contribution in [0.5, 0.6) is 0 Å². The molecule has 0 aromatic rings. The lowest BCUT2D eigenvalue weighted by molar-refractivity contribution is -0.206. The van der Waals surface area contributed by atoms with Crippen LogP contribution in [0.3, 0.4) is 0 Å². The number of aliphatic hydroxyl groups excluding tert-OH is 4. The molecule has 4 atom stereocenters. The van der Waals surface area contributed by atoms with Crippen LogP contribution in [0.15, 0.2) is 0 Å². The number of esters is 1. The Balaban J connectivity index is 5.06. The molecule has 9 nitrogen and oxygen atoms in total.